The van der Waals surface area contributed by atoms with Gasteiger partial charge in [-0.2, -0.15) is 0 Å². The number of benzene rings is 2. The second-order valence-electron chi connectivity index (χ2n) is 9.01. The quantitative estimate of drug-likeness (QED) is 0.677. The fraction of sp³-hybridized carbons (Fsp3) is 0.519. The molecule has 4 rings (SSSR count). The van der Waals surface area contributed by atoms with Gasteiger partial charge in [-0.05, 0) is 50.0 Å². The number of ether oxygens (including phenoxy) is 1. The molecular formula is C27H37N3O2. The molecule has 1 unspecified atom stereocenters. The van der Waals surface area contributed by atoms with E-state index in [9.17, 15) is 4.79 Å². The highest BCUT2D eigenvalue weighted by molar-refractivity contribution is 5.90. The maximum absolute atomic E-state index is 13.5. The molecule has 0 bridgehead atoms. The van der Waals surface area contributed by atoms with Crippen molar-refractivity contribution in [1.82, 2.24) is 10.2 Å². The number of methoxy groups -OCH3 is 1. The number of hydrogen-bond donors (Lipinski definition) is 1. The van der Waals surface area contributed by atoms with Crippen LogP contribution in [0.25, 0.3) is 0 Å². The third kappa shape index (κ3) is 5.70. The molecule has 1 N–H and O–H groups in total. The highest BCUT2D eigenvalue weighted by Gasteiger charge is 2.29. The molecule has 172 valence electrons. The lowest BCUT2D eigenvalue weighted by molar-refractivity contribution is -0.122. The average Bonchev–Trinajstić information content (AvgIpc) is 3.15. The van der Waals surface area contributed by atoms with E-state index in [1.54, 1.807) is 7.11 Å². The van der Waals surface area contributed by atoms with E-state index in [1.807, 2.05) is 18.2 Å². The number of anilines is 1. The summed E-state index contributed by atoms with van der Waals surface area (Å²) in [6.07, 6.45) is 5.41. The highest BCUT2D eigenvalue weighted by Crippen LogP contribution is 2.29. The summed E-state index contributed by atoms with van der Waals surface area (Å²) >= 11 is 0. The topological polar surface area (TPSA) is 44.8 Å². The molecule has 0 amide bonds. The third-order valence-electron chi connectivity index (χ3n) is 6.98. The summed E-state index contributed by atoms with van der Waals surface area (Å²) in [5, 5.41) is 3.52. The smallest absolute Gasteiger partial charge is 0.157 e. The van der Waals surface area contributed by atoms with Crippen molar-refractivity contribution >= 4 is 11.5 Å². The van der Waals surface area contributed by atoms with Gasteiger partial charge in [0.05, 0.1) is 18.8 Å². The monoisotopic (exact) mass is 435 g/mol. The van der Waals surface area contributed by atoms with Gasteiger partial charge in [-0.25, -0.2) is 0 Å². The normalized spacial score (nSPS) is 21.0. The number of nitrogens with zero attached hydrogens (tertiary/aromatic N) is 2. The van der Waals surface area contributed by atoms with Gasteiger partial charge in [0.1, 0.15) is 5.75 Å². The Hall–Kier alpha value is -2.37. The van der Waals surface area contributed by atoms with Crippen molar-refractivity contribution in [2.75, 3.05) is 51.3 Å². The van der Waals surface area contributed by atoms with Crippen LogP contribution in [-0.4, -0.2) is 63.1 Å². The van der Waals surface area contributed by atoms with Gasteiger partial charge >= 0.3 is 0 Å². The summed E-state index contributed by atoms with van der Waals surface area (Å²) in [6.45, 7) is 5.90. The Labute approximate surface area is 192 Å². The van der Waals surface area contributed by atoms with E-state index in [-0.39, 0.29) is 12.0 Å². The number of nitrogens with one attached hydrogen (secondary N) is 1. The molecule has 2 heterocycles. The van der Waals surface area contributed by atoms with Crippen LogP contribution in [0, 0.1) is 0 Å². The molecule has 2 atom stereocenters. The summed E-state index contributed by atoms with van der Waals surface area (Å²) < 4.78 is 5.55. The summed E-state index contributed by atoms with van der Waals surface area (Å²) in [5.41, 5.74) is 2.34. The molecule has 2 fully saturated rings. The van der Waals surface area contributed by atoms with Crippen molar-refractivity contribution in [3.05, 3.63) is 60.2 Å². The maximum Gasteiger partial charge on any atom is 0.157 e. The molecule has 32 heavy (non-hydrogen) atoms. The fourth-order valence-corrected chi connectivity index (χ4v) is 5.09. The van der Waals surface area contributed by atoms with Crippen molar-refractivity contribution in [3.63, 3.8) is 0 Å². The van der Waals surface area contributed by atoms with Crippen molar-refractivity contribution in [2.24, 2.45) is 0 Å². The molecule has 0 spiro atoms. The minimum Gasteiger partial charge on any atom is -0.495 e. The Kier molecular flexibility index (Phi) is 8.18. The van der Waals surface area contributed by atoms with E-state index in [0.29, 0.717) is 5.78 Å². The molecule has 2 aromatic rings. The van der Waals surface area contributed by atoms with Crippen molar-refractivity contribution in [1.29, 1.82) is 0 Å². The number of hydrogen-bond acceptors (Lipinski definition) is 5. The van der Waals surface area contributed by atoms with E-state index in [4.69, 9.17) is 4.74 Å². The van der Waals surface area contributed by atoms with Crippen LogP contribution in [0.3, 0.4) is 0 Å². The van der Waals surface area contributed by atoms with Crippen LogP contribution in [0.1, 0.15) is 43.6 Å². The highest BCUT2D eigenvalue weighted by atomic mass is 16.5. The maximum atomic E-state index is 13.5. The van der Waals surface area contributed by atoms with E-state index in [1.165, 1.54) is 18.5 Å². The Morgan fingerprint density at radius 1 is 1.00 bits per heavy atom. The lowest BCUT2D eigenvalue weighted by atomic mass is 9.86. The molecule has 5 nitrogen and oxygen atoms in total. The number of rotatable bonds is 8. The van der Waals surface area contributed by atoms with Gasteiger partial charge in [0.25, 0.3) is 0 Å². The summed E-state index contributed by atoms with van der Waals surface area (Å²) in [7, 11) is 1.74. The first kappa shape index (κ1) is 22.8. The molecule has 2 saturated heterocycles. The zero-order valence-corrected chi connectivity index (χ0v) is 19.3. The van der Waals surface area contributed by atoms with E-state index in [2.05, 4.69) is 51.5 Å². The van der Waals surface area contributed by atoms with Crippen LogP contribution >= 0.6 is 0 Å². The molecule has 0 aromatic heterocycles. The fourth-order valence-electron chi connectivity index (χ4n) is 5.09. The SMILES string of the molecule is COc1ccccc1N1CCN(CCC(C(=O)[C@H]2CCCCCN2)c2ccccc2)CC1. The molecule has 2 aliphatic heterocycles. The second-order valence-corrected chi connectivity index (χ2v) is 9.01. The predicted molar refractivity (Wildman–Crippen MR) is 131 cm³/mol. The molecule has 0 radical (unpaired) electrons. The molecule has 5 heteroatoms. The Balaban J connectivity index is 1.37. The minimum absolute atomic E-state index is 0.00472. The number of carbonyl (C=O) groups is 1. The Morgan fingerprint density at radius 2 is 1.75 bits per heavy atom. The molecule has 2 aliphatic rings. The Morgan fingerprint density at radius 3 is 2.53 bits per heavy atom. The zero-order chi connectivity index (χ0) is 22.2. The van der Waals surface area contributed by atoms with Crippen LogP contribution < -0.4 is 15.0 Å². The van der Waals surface area contributed by atoms with Crippen molar-refractivity contribution < 1.29 is 9.53 Å². The lowest BCUT2D eigenvalue weighted by Gasteiger charge is -2.37. The Bertz CT molecular complexity index is 841. The molecular weight excluding hydrogens is 398 g/mol. The lowest BCUT2D eigenvalue weighted by Crippen LogP contribution is -2.47. The van der Waals surface area contributed by atoms with Gasteiger partial charge in [0, 0.05) is 32.1 Å². The van der Waals surface area contributed by atoms with Gasteiger partial charge in [0.15, 0.2) is 5.78 Å². The predicted octanol–water partition coefficient (Wildman–Crippen LogP) is 4.09. The molecule has 0 saturated carbocycles. The van der Waals surface area contributed by atoms with Gasteiger partial charge < -0.3 is 15.0 Å². The van der Waals surface area contributed by atoms with Crippen LogP contribution in [0.4, 0.5) is 5.69 Å². The summed E-state index contributed by atoms with van der Waals surface area (Å²) in [6, 6.07) is 18.7. The molecule has 0 aliphatic carbocycles. The third-order valence-corrected chi connectivity index (χ3v) is 6.98. The average molecular weight is 436 g/mol. The first-order valence-corrected chi connectivity index (χ1v) is 12.2. The summed E-state index contributed by atoms with van der Waals surface area (Å²) in [4.78, 5) is 18.4. The summed E-state index contributed by atoms with van der Waals surface area (Å²) in [5.74, 6) is 1.29. The van der Waals surface area contributed by atoms with Crippen LogP contribution in [-0.2, 0) is 4.79 Å². The van der Waals surface area contributed by atoms with E-state index < -0.39 is 0 Å². The number of Topliss-reactive ketones (excluding diaryl/α,β-unsaturated/α-hetero) is 1. The van der Waals surface area contributed by atoms with Crippen molar-refractivity contribution in [2.45, 2.75) is 44.1 Å². The number of ketones is 1. The first-order chi connectivity index (χ1) is 15.8. The first-order valence-electron chi connectivity index (χ1n) is 12.2. The van der Waals surface area contributed by atoms with Crippen molar-refractivity contribution in [3.8, 4) is 5.75 Å². The van der Waals surface area contributed by atoms with Gasteiger partial charge in [-0.3, -0.25) is 9.69 Å². The minimum atomic E-state index is -0.0287. The molecule has 2 aromatic carbocycles. The largest absolute Gasteiger partial charge is 0.495 e. The number of piperazine rings is 1. The second kappa shape index (κ2) is 11.5. The van der Waals surface area contributed by atoms with Crippen LogP contribution in [0.5, 0.6) is 5.75 Å². The van der Waals surface area contributed by atoms with Gasteiger partial charge in [0.2, 0.25) is 0 Å². The van der Waals surface area contributed by atoms with E-state index >= 15 is 0 Å². The standard InChI is InChI=1S/C27H37N3O2/c1-32-26-14-8-7-13-25(26)30-20-18-29(19-21-30)17-15-23(22-10-4-2-5-11-22)27(31)24-12-6-3-9-16-28-24/h2,4-5,7-8,10-11,13-14,23-24,28H,3,6,9,12,15-21H2,1H3/t23?,24-/m1/s1. The van der Waals surface area contributed by atoms with Gasteiger partial charge in [-0.15, -0.1) is 0 Å². The zero-order valence-electron chi connectivity index (χ0n) is 19.3. The van der Waals surface area contributed by atoms with Gasteiger partial charge in [-0.1, -0.05) is 55.3 Å². The van der Waals surface area contributed by atoms with Crippen LogP contribution in [0.2, 0.25) is 0 Å². The number of carbonyl (C=O) groups excluding carboxylic acids is 1. The van der Waals surface area contributed by atoms with Crippen LogP contribution in [0.15, 0.2) is 54.6 Å². The number of para-hydroxylation sites is 2. The van der Waals surface area contributed by atoms with E-state index in [0.717, 1.165) is 69.8 Å².